The number of nitrogens with zero attached hydrogens (tertiary/aromatic N) is 1. The van der Waals surface area contributed by atoms with Crippen molar-refractivity contribution >= 4 is 5.91 Å². The van der Waals surface area contributed by atoms with Crippen molar-refractivity contribution in [2.24, 2.45) is 17.8 Å². The van der Waals surface area contributed by atoms with Gasteiger partial charge in [0.05, 0.1) is 19.3 Å². The fraction of sp³-hybridized carbons (Fsp3) is 0.947. The summed E-state index contributed by atoms with van der Waals surface area (Å²) in [5.74, 6) is 1.92. The largest absolute Gasteiger partial charge is 0.379 e. The molecule has 0 aromatic rings. The van der Waals surface area contributed by atoms with E-state index in [1.54, 1.807) is 0 Å². The Kier molecular flexibility index (Phi) is 7.98. The van der Waals surface area contributed by atoms with E-state index in [0.29, 0.717) is 30.3 Å². The first-order valence-electron chi connectivity index (χ1n) is 9.67. The van der Waals surface area contributed by atoms with E-state index in [9.17, 15) is 4.79 Å². The molecule has 24 heavy (non-hydrogen) atoms. The van der Waals surface area contributed by atoms with E-state index in [1.165, 1.54) is 12.8 Å². The van der Waals surface area contributed by atoms with E-state index in [1.807, 2.05) is 0 Å². The van der Waals surface area contributed by atoms with Crippen molar-refractivity contribution in [1.82, 2.24) is 10.2 Å². The van der Waals surface area contributed by atoms with Gasteiger partial charge >= 0.3 is 0 Å². The highest BCUT2D eigenvalue weighted by Crippen LogP contribution is 2.35. The highest BCUT2D eigenvalue weighted by atomic mass is 16.5. The zero-order valence-electron chi connectivity index (χ0n) is 15.9. The predicted molar refractivity (Wildman–Crippen MR) is 95.9 cm³/mol. The molecule has 5 heteroatoms. The van der Waals surface area contributed by atoms with E-state index in [0.717, 1.165) is 32.7 Å². The summed E-state index contributed by atoms with van der Waals surface area (Å²) in [6, 6.07) is 0.343. The van der Waals surface area contributed by atoms with Crippen LogP contribution >= 0.6 is 0 Å². The molecule has 2 aliphatic rings. The van der Waals surface area contributed by atoms with Crippen molar-refractivity contribution in [2.45, 2.75) is 59.1 Å². The average Bonchev–Trinajstić information content (AvgIpc) is 2.58. The van der Waals surface area contributed by atoms with Gasteiger partial charge in [0.15, 0.2) is 0 Å². The lowest BCUT2D eigenvalue weighted by atomic mass is 9.75. The molecule has 1 heterocycles. The van der Waals surface area contributed by atoms with Crippen molar-refractivity contribution < 1.29 is 14.3 Å². The zero-order valence-corrected chi connectivity index (χ0v) is 15.9. The number of carbonyl (C=O) groups excluding carboxylic acids is 1. The molecule has 5 nitrogen and oxygen atoms in total. The molecule has 0 aromatic carbocycles. The van der Waals surface area contributed by atoms with E-state index in [2.05, 4.69) is 37.9 Å². The lowest BCUT2D eigenvalue weighted by Gasteiger charge is -2.37. The van der Waals surface area contributed by atoms with Gasteiger partial charge in [-0.1, -0.05) is 27.2 Å². The quantitative estimate of drug-likeness (QED) is 0.773. The zero-order chi connectivity index (χ0) is 17.5. The van der Waals surface area contributed by atoms with Crippen molar-refractivity contribution in [2.75, 3.05) is 39.5 Å². The lowest BCUT2D eigenvalue weighted by molar-refractivity contribution is -0.131. The fourth-order valence-electron chi connectivity index (χ4n) is 3.95. The van der Waals surface area contributed by atoms with Gasteiger partial charge in [0.25, 0.3) is 0 Å². The second kappa shape index (κ2) is 9.73. The first-order valence-corrected chi connectivity index (χ1v) is 9.67. The van der Waals surface area contributed by atoms with Gasteiger partial charge in [0.1, 0.15) is 6.61 Å². The number of amides is 1. The van der Waals surface area contributed by atoms with Crippen molar-refractivity contribution in [1.29, 1.82) is 0 Å². The summed E-state index contributed by atoms with van der Waals surface area (Å²) in [5, 5.41) is 3.03. The molecule has 0 bridgehead atoms. The lowest BCUT2D eigenvalue weighted by Crippen LogP contribution is -2.48. The van der Waals surface area contributed by atoms with Gasteiger partial charge in [-0.15, -0.1) is 0 Å². The molecule has 1 saturated carbocycles. The molecule has 0 radical (unpaired) electrons. The molecule has 1 amide bonds. The average molecular weight is 341 g/mol. The van der Waals surface area contributed by atoms with Crippen LogP contribution in [-0.2, 0) is 14.3 Å². The minimum atomic E-state index is 0.0100. The topological polar surface area (TPSA) is 50.8 Å². The Balaban J connectivity index is 1.69. The van der Waals surface area contributed by atoms with E-state index < -0.39 is 0 Å². The fourth-order valence-corrected chi connectivity index (χ4v) is 3.95. The van der Waals surface area contributed by atoms with Crippen LogP contribution in [0.4, 0.5) is 0 Å². The highest BCUT2D eigenvalue weighted by Gasteiger charge is 2.31. The molecule has 2 fully saturated rings. The Bertz CT molecular complexity index is 383. The smallest absolute Gasteiger partial charge is 0.246 e. The van der Waals surface area contributed by atoms with Gasteiger partial charge in [-0.05, 0) is 37.5 Å². The summed E-state index contributed by atoms with van der Waals surface area (Å²) in [5.41, 5.74) is 0. The molecule has 4 unspecified atom stereocenters. The Morgan fingerprint density at radius 2 is 1.96 bits per heavy atom. The van der Waals surface area contributed by atoms with Crippen LogP contribution in [0.2, 0.25) is 0 Å². The monoisotopic (exact) mass is 340 g/mol. The number of morpholine rings is 1. The van der Waals surface area contributed by atoms with Gasteiger partial charge in [-0.25, -0.2) is 0 Å². The predicted octanol–water partition coefficient (Wildman–Crippen LogP) is 2.30. The number of hydrogen-bond donors (Lipinski definition) is 1. The summed E-state index contributed by atoms with van der Waals surface area (Å²) in [6.07, 6.45) is 3.82. The molecular formula is C19H36N2O3. The van der Waals surface area contributed by atoms with Gasteiger partial charge in [0, 0.05) is 25.7 Å². The molecule has 1 aliphatic heterocycles. The van der Waals surface area contributed by atoms with Crippen molar-refractivity contribution in [3.8, 4) is 0 Å². The van der Waals surface area contributed by atoms with E-state index in [4.69, 9.17) is 9.47 Å². The third-order valence-electron chi connectivity index (χ3n) is 5.65. The van der Waals surface area contributed by atoms with Crippen LogP contribution < -0.4 is 5.32 Å². The van der Waals surface area contributed by atoms with Crippen molar-refractivity contribution in [3.63, 3.8) is 0 Å². The molecule has 4 atom stereocenters. The Morgan fingerprint density at radius 3 is 2.62 bits per heavy atom. The maximum absolute atomic E-state index is 12.2. The summed E-state index contributed by atoms with van der Waals surface area (Å²) in [7, 11) is 0. The van der Waals surface area contributed by atoms with Gasteiger partial charge in [0.2, 0.25) is 5.91 Å². The standard InChI is InChI=1S/C19H36N2O3/c1-14(2)17-6-5-15(3)11-18(17)24-13-19(22)20-12-16(4)21-7-9-23-10-8-21/h14-18H,5-13H2,1-4H3,(H,20,22). The van der Waals surface area contributed by atoms with Crippen LogP contribution in [0.3, 0.4) is 0 Å². The van der Waals surface area contributed by atoms with Crippen LogP contribution in [0.5, 0.6) is 0 Å². The molecule has 0 aromatic heterocycles. The highest BCUT2D eigenvalue weighted by molar-refractivity contribution is 5.77. The van der Waals surface area contributed by atoms with Gasteiger partial charge in [-0.3, -0.25) is 9.69 Å². The normalized spacial score (nSPS) is 30.3. The van der Waals surface area contributed by atoms with Crippen LogP contribution in [0.1, 0.15) is 47.0 Å². The minimum absolute atomic E-state index is 0.0100. The molecule has 1 saturated heterocycles. The van der Waals surface area contributed by atoms with E-state index in [-0.39, 0.29) is 18.6 Å². The Morgan fingerprint density at radius 1 is 1.25 bits per heavy atom. The molecule has 2 rings (SSSR count). The molecule has 1 aliphatic carbocycles. The summed E-state index contributed by atoms with van der Waals surface area (Å²) < 4.78 is 11.4. The maximum atomic E-state index is 12.2. The number of carbonyl (C=O) groups is 1. The van der Waals surface area contributed by atoms with E-state index >= 15 is 0 Å². The summed E-state index contributed by atoms with van der Waals surface area (Å²) in [4.78, 5) is 14.5. The van der Waals surface area contributed by atoms with Gasteiger partial charge < -0.3 is 14.8 Å². The summed E-state index contributed by atoms with van der Waals surface area (Å²) in [6.45, 7) is 13.3. The van der Waals surface area contributed by atoms with Crippen LogP contribution in [0.15, 0.2) is 0 Å². The second-order valence-electron chi connectivity index (χ2n) is 7.98. The first-order chi connectivity index (χ1) is 11.5. The summed E-state index contributed by atoms with van der Waals surface area (Å²) >= 11 is 0. The Labute approximate surface area is 147 Å². The number of rotatable bonds is 7. The molecular weight excluding hydrogens is 304 g/mol. The minimum Gasteiger partial charge on any atom is -0.379 e. The Hall–Kier alpha value is -0.650. The SMILES string of the molecule is CC1CCC(C(C)C)C(OCC(=O)NCC(C)N2CCOCC2)C1. The number of nitrogens with one attached hydrogen (secondary N) is 1. The third-order valence-corrected chi connectivity index (χ3v) is 5.65. The molecule has 0 spiro atoms. The van der Waals surface area contributed by atoms with Gasteiger partial charge in [-0.2, -0.15) is 0 Å². The molecule has 140 valence electrons. The molecule has 1 N–H and O–H groups in total. The third kappa shape index (κ3) is 6.01. The second-order valence-corrected chi connectivity index (χ2v) is 7.98. The van der Waals surface area contributed by atoms with Crippen LogP contribution in [0.25, 0.3) is 0 Å². The number of hydrogen-bond acceptors (Lipinski definition) is 4. The first kappa shape index (κ1) is 19.7. The number of ether oxygens (including phenoxy) is 2. The van der Waals surface area contributed by atoms with Crippen LogP contribution in [-0.4, -0.2) is 62.4 Å². The van der Waals surface area contributed by atoms with Crippen LogP contribution in [0, 0.1) is 17.8 Å². The van der Waals surface area contributed by atoms with Crippen molar-refractivity contribution in [3.05, 3.63) is 0 Å². The maximum Gasteiger partial charge on any atom is 0.246 e.